The summed E-state index contributed by atoms with van der Waals surface area (Å²) in [5.41, 5.74) is -0.819. The van der Waals surface area contributed by atoms with E-state index >= 15 is 0 Å². The van der Waals surface area contributed by atoms with E-state index in [1.807, 2.05) is 24.3 Å². The molecule has 0 radical (unpaired) electrons. The average molecular weight is 450 g/mol. The predicted molar refractivity (Wildman–Crippen MR) is 105 cm³/mol. The number of alkyl halides is 1. The van der Waals surface area contributed by atoms with Crippen LogP contribution in [-0.4, -0.2) is 15.1 Å². The van der Waals surface area contributed by atoms with Crippen LogP contribution in [-0.2, 0) is 5.33 Å². The van der Waals surface area contributed by atoms with Gasteiger partial charge in [0.1, 0.15) is 0 Å². The fourth-order valence-corrected chi connectivity index (χ4v) is 6.80. The molecule has 0 atom stereocenters. The molecule has 0 heterocycles. The van der Waals surface area contributed by atoms with Crippen molar-refractivity contribution in [3.8, 4) is 5.75 Å². The molecule has 0 fully saturated rings. The molecule has 0 aromatic heterocycles. The first-order valence-electron chi connectivity index (χ1n) is 7.28. The van der Waals surface area contributed by atoms with Crippen molar-refractivity contribution in [2.45, 2.75) is 5.33 Å². The Labute approximate surface area is 153 Å². The Morgan fingerprint density at radius 1 is 0.739 bits per heavy atom. The third kappa shape index (κ3) is 3.87. The second-order valence-electron chi connectivity index (χ2n) is 5.09. The fraction of sp³-hybridized carbons (Fsp3) is 0.0526. The van der Waals surface area contributed by atoms with Crippen LogP contribution in [0, 0.1) is 0 Å². The third-order valence-electron chi connectivity index (χ3n) is 3.50. The number of halogens is 1. The van der Waals surface area contributed by atoms with Crippen molar-refractivity contribution in [1.82, 2.24) is 0 Å². The third-order valence-corrected chi connectivity index (χ3v) is 9.70. The number of rotatable bonds is 5. The SMILES string of the molecule is [Se]=P(Oc1ccc(CBr)cc1)(c1ccccc1)c1ccccc1. The van der Waals surface area contributed by atoms with Gasteiger partial charge < -0.3 is 0 Å². The molecule has 1 nitrogen and oxygen atoms in total. The number of hydrogen-bond donors (Lipinski definition) is 0. The molecule has 0 aliphatic carbocycles. The van der Waals surface area contributed by atoms with Gasteiger partial charge in [0.05, 0.1) is 0 Å². The monoisotopic (exact) mass is 450 g/mol. The molecule has 3 rings (SSSR count). The van der Waals surface area contributed by atoms with E-state index in [4.69, 9.17) is 4.52 Å². The van der Waals surface area contributed by atoms with Crippen LogP contribution in [0.15, 0.2) is 84.9 Å². The Kier molecular flexibility index (Phi) is 5.56. The molecule has 0 saturated heterocycles. The molecule has 0 aliphatic rings. The quantitative estimate of drug-likeness (QED) is 0.313. The van der Waals surface area contributed by atoms with Gasteiger partial charge in [-0.2, -0.15) is 0 Å². The van der Waals surface area contributed by atoms with Gasteiger partial charge in [-0.25, -0.2) is 0 Å². The molecule has 3 aromatic rings. The van der Waals surface area contributed by atoms with Gasteiger partial charge >= 0.3 is 153 Å². The molecule has 0 amide bonds. The van der Waals surface area contributed by atoms with Gasteiger partial charge in [0.15, 0.2) is 0 Å². The van der Waals surface area contributed by atoms with E-state index in [9.17, 15) is 0 Å². The summed E-state index contributed by atoms with van der Waals surface area (Å²) in [6, 6.07) is 29.1. The predicted octanol–water partition coefficient (Wildman–Crippen LogP) is 4.63. The van der Waals surface area contributed by atoms with Crippen molar-refractivity contribution < 1.29 is 4.52 Å². The van der Waals surface area contributed by atoms with E-state index in [0.29, 0.717) is 0 Å². The summed E-state index contributed by atoms with van der Waals surface area (Å²) in [7, 11) is 0. The molecule has 4 heteroatoms. The van der Waals surface area contributed by atoms with Crippen LogP contribution in [0.5, 0.6) is 5.75 Å². The normalized spacial score (nSPS) is 11.2. The fourth-order valence-electron chi connectivity index (χ4n) is 2.29. The molecule has 0 aliphatic heterocycles. The number of benzene rings is 3. The Morgan fingerprint density at radius 2 is 1.22 bits per heavy atom. The second kappa shape index (κ2) is 7.64. The maximum absolute atomic E-state index is 6.51. The second-order valence-corrected chi connectivity index (χ2v) is 11.2. The summed E-state index contributed by atoms with van der Waals surface area (Å²) < 4.78 is 6.51. The van der Waals surface area contributed by atoms with Crippen LogP contribution in [0.1, 0.15) is 5.56 Å². The molecular weight excluding hydrogens is 434 g/mol. The zero-order valence-electron chi connectivity index (χ0n) is 12.4. The van der Waals surface area contributed by atoms with Crippen LogP contribution in [0.3, 0.4) is 0 Å². The van der Waals surface area contributed by atoms with Gasteiger partial charge in [0, 0.05) is 0 Å². The molecule has 3 aromatic carbocycles. The first-order valence-corrected chi connectivity index (χ1v) is 12.3. The number of hydrogen-bond acceptors (Lipinski definition) is 1. The van der Waals surface area contributed by atoms with E-state index in [0.717, 1.165) is 11.1 Å². The van der Waals surface area contributed by atoms with Crippen LogP contribution in [0.4, 0.5) is 0 Å². The van der Waals surface area contributed by atoms with Crippen molar-refractivity contribution in [3.05, 3.63) is 90.5 Å². The summed E-state index contributed by atoms with van der Waals surface area (Å²) in [6.45, 7) is 0. The first-order chi connectivity index (χ1) is 11.2. The average Bonchev–Trinajstić information content (AvgIpc) is 2.64. The molecule has 0 saturated carbocycles. The van der Waals surface area contributed by atoms with Gasteiger partial charge in [-0.3, -0.25) is 0 Å². The Balaban J connectivity index is 2.04. The standard InChI is InChI=1S/C19H16BrOPSe/c20-15-16-11-13-17(14-12-16)21-22(23,18-7-3-1-4-8-18)19-9-5-2-6-10-19/h1-14H,15H2. The van der Waals surface area contributed by atoms with Crippen LogP contribution >= 0.6 is 21.7 Å². The minimum absolute atomic E-state index is 0.850. The van der Waals surface area contributed by atoms with Crippen LogP contribution < -0.4 is 15.1 Å². The van der Waals surface area contributed by atoms with Crippen molar-refractivity contribution in [1.29, 1.82) is 0 Å². The molecule has 23 heavy (non-hydrogen) atoms. The summed E-state index contributed by atoms with van der Waals surface area (Å²) in [6.07, 6.45) is 0. The van der Waals surface area contributed by atoms with E-state index in [1.165, 1.54) is 16.2 Å². The Bertz CT molecular complexity index is 760. The van der Waals surface area contributed by atoms with Gasteiger partial charge in [0.25, 0.3) is 0 Å². The van der Waals surface area contributed by atoms with Crippen LogP contribution in [0.25, 0.3) is 0 Å². The van der Waals surface area contributed by atoms with Gasteiger partial charge in [-0.1, -0.05) is 0 Å². The van der Waals surface area contributed by atoms with E-state index in [-0.39, 0.29) is 0 Å². The van der Waals surface area contributed by atoms with E-state index < -0.39 is 5.74 Å². The molecule has 116 valence electrons. The first kappa shape index (κ1) is 16.7. The van der Waals surface area contributed by atoms with Gasteiger partial charge in [0.2, 0.25) is 0 Å². The molecule has 0 spiro atoms. The Morgan fingerprint density at radius 3 is 1.65 bits per heavy atom. The van der Waals surface area contributed by atoms with Crippen molar-refractivity contribution in [2.75, 3.05) is 0 Å². The zero-order valence-corrected chi connectivity index (χ0v) is 16.6. The van der Waals surface area contributed by atoms with Gasteiger partial charge in [-0.05, 0) is 0 Å². The summed E-state index contributed by atoms with van der Waals surface area (Å²) in [4.78, 5) is 0. The molecule has 0 bridgehead atoms. The van der Waals surface area contributed by atoms with E-state index in [1.54, 1.807) is 0 Å². The van der Waals surface area contributed by atoms with Crippen molar-refractivity contribution in [2.24, 2.45) is 0 Å². The molecule has 0 N–H and O–H groups in total. The minimum atomic E-state index is -2.06. The van der Waals surface area contributed by atoms with Gasteiger partial charge in [-0.15, -0.1) is 0 Å². The summed E-state index contributed by atoms with van der Waals surface area (Å²) in [5.74, 6) is 0.884. The van der Waals surface area contributed by atoms with Crippen molar-refractivity contribution >= 4 is 47.4 Å². The maximum atomic E-state index is 6.51. The topological polar surface area (TPSA) is 9.23 Å². The van der Waals surface area contributed by atoms with Crippen LogP contribution in [0.2, 0.25) is 0 Å². The Hall–Kier alpha value is -1.11. The molecule has 0 unspecified atom stereocenters. The zero-order chi connectivity index (χ0) is 16.1. The van der Waals surface area contributed by atoms with E-state index in [2.05, 4.69) is 91.7 Å². The summed E-state index contributed by atoms with van der Waals surface area (Å²) >= 11 is 6.86. The van der Waals surface area contributed by atoms with Crippen molar-refractivity contribution in [3.63, 3.8) is 0 Å². The molecular formula is C19H16BrOPSe. The summed E-state index contributed by atoms with van der Waals surface area (Å²) in [5, 5.41) is 3.23.